The molecule has 0 radical (unpaired) electrons. The molecule has 0 spiro atoms. The van der Waals surface area contributed by atoms with E-state index in [1.807, 2.05) is 18.2 Å². The topological polar surface area (TPSA) is 74.3 Å². The van der Waals surface area contributed by atoms with Crippen LogP contribution in [0.2, 0.25) is 0 Å². The van der Waals surface area contributed by atoms with Crippen molar-refractivity contribution < 1.29 is 19.4 Å². The molecule has 2 aliphatic rings. The summed E-state index contributed by atoms with van der Waals surface area (Å²) >= 11 is 0. The number of aliphatic hydroxyl groups is 1. The van der Waals surface area contributed by atoms with Crippen LogP contribution in [0.3, 0.4) is 0 Å². The number of amides is 1. The number of ether oxygens (including phenoxy) is 2. The Balaban J connectivity index is 1.57. The summed E-state index contributed by atoms with van der Waals surface area (Å²) < 4.78 is 11.4. The number of methoxy groups -OCH3 is 1. The van der Waals surface area contributed by atoms with Crippen LogP contribution in [0.5, 0.6) is 11.5 Å². The van der Waals surface area contributed by atoms with Crippen molar-refractivity contribution in [3.63, 3.8) is 0 Å². The predicted molar refractivity (Wildman–Crippen MR) is 112 cm³/mol. The first-order chi connectivity index (χ1) is 14.1. The Hall–Kier alpha value is -1.83. The standard InChI is InChI=1S/C22H35N3O4/c1-28-20-8-7-18(14-25-12-9-23-22(27)16-25)21(13-20)29-17-19(26)15-24-10-5-3-2-4-6-11-24/h7-8,13,19,26H,2-6,9-12,14-17H2,1H3,(H,23,27). The quantitative estimate of drug-likeness (QED) is 0.685. The van der Waals surface area contributed by atoms with Gasteiger partial charge in [0.25, 0.3) is 0 Å². The molecule has 0 bridgehead atoms. The molecule has 2 aliphatic heterocycles. The highest BCUT2D eigenvalue weighted by Gasteiger charge is 2.19. The van der Waals surface area contributed by atoms with Crippen LogP contribution in [0.15, 0.2) is 18.2 Å². The van der Waals surface area contributed by atoms with Crippen LogP contribution in [-0.2, 0) is 11.3 Å². The number of likely N-dealkylation sites (tertiary alicyclic amines) is 1. The summed E-state index contributed by atoms with van der Waals surface area (Å²) in [5.41, 5.74) is 0.999. The summed E-state index contributed by atoms with van der Waals surface area (Å²) in [6.07, 6.45) is 5.77. The maximum Gasteiger partial charge on any atom is 0.234 e. The maximum absolute atomic E-state index is 11.7. The smallest absolute Gasteiger partial charge is 0.234 e. The SMILES string of the molecule is COc1ccc(CN2CCNC(=O)C2)c(OCC(O)CN2CCCCCCC2)c1. The summed E-state index contributed by atoms with van der Waals surface area (Å²) in [4.78, 5) is 16.1. The number of piperazine rings is 1. The molecule has 0 aromatic heterocycles. The van der Waals surface area contributed by atoms with Gasteiger partial charge in [0.2, 0.25) is 5.91 Å². The molecule has 1 aromatic carbocycles. The second-order valence-electron chi connectivity index (χ2n) is 8.07. The Kier molecular flexibility index (Phi) is 8.58. The maximum atomic E-state index is 11.7. The third kappa shape index (κ3) is 7.17. The Morgan fingerprint density at radius 2 is 1.86 bits per heavy atom. The molecule has 2 saturated heterocycles. The van der Waals surface area contributed by atoms with E-state index in [0.29, 0.717) is 31.9 Å². The highest BCUT2D eigenvalue weighted by atomic mass is 16.5. The predicted octanol–water partition coefficient (Wildman–Crippen LogP) is 1.63. The number of β-amino-alcohol motifs (C(OH)–C–C–N with tert-alkyl or cyclic N) is 1. The monoisotopic (exact) mass is 405 g/mol. The van der Waals surface area contributed by atoms with Crippen molar-refractivity contribution in [2.24, 2.45) is 0 Å². The largest absolute Gasteiger partial charge is 0.497 e. The van der Waals surface area contributed by atoms with Crippen molar-refractivity contribution in [2.45, 2.75) is 44.8 Å². The summed E-state index contributed by atoms with van der Waals surface area (Å²) in [7, 11) is 1.63. The van der Waals surface area contributed by atoms with Gasteiger partial charge in [-0.2, -0.15) is 0 Å². The molecule has 1 aromatic rings. The molecule has 2 fully saturated rings. The molecule has 3 rings (SSSR count). The zero-order valence-corrected chi connectivity index (χ0v) is 17.6. The molecule has 0 aliphatic carbocycles. The Labute approximate surface area is 174 Å². The van der Waals surface area contributed by atoms with Gasteiger partial charge in [0.05, 0.1) is 13.7 Å². The minimum absolute atomic E-state index is 0.0518. The van der Waals surface area contributed by atoms with Crippen LogP contribution in [0.4, 0.5) is 0 Å². The van der Waals surface area contributed by atoms with E-state index >= 15 is 0 Å². The third-order valence-electron chi connectivity index (χ3n) is 5.63. The highest BCUT2D eigenvalue weighted by Crippen LogP contribution is 2.26. The van der Waals surface area contributed by atoms with E-state index in [2.05, 4.69) is 15.1 Å². The molecular formula is C22H35N3O4. The first kappa shape index (κ1) is 21.9. The minimum atomic E-state index is -0.533. The van der Waals surface area contributed by atoms with E-state index in [-0.39, 0.29) is 12.5 Å². The van der Waals surface area contributed by atoms with Crippen molar-refractivity contribution >= 4 is 5.91 Å². The van der Waals surface area contributed by atoms with E-state index in [0.717, 1.165) is 30.9 Å². The van der Waals surface area contributed by atoms with Crippen molar-refractivity contribution in [3.8, 4) is 11.5 Å². The number of rotatable bonds is 8. The van der Waals surface area contributed by atoms with E-state index in [1.165, 1.54) is 32.1 Å². The zero-order chi connectivity index (χ0) is 20.5. The van der Waals surface area contributed by atoms with Gasteiger partial charge in [-0.3, -0.25) is 9.69 Å². The normalized spacial score (nSPS) is 20.4. The van der Waals surface area contributed by atoms with E-state index in [4.69, 9.17) is 9.47 Å². The second kappa shape index (κ2) is 11.4. The van der Waals surface area contributed by atoms with Crippen molar-refractivity contribution in [3.05, 3.63) is 23.8 Å². The summed E-state index contributed by atoms with van der Waals surface area (Å²) in [6.45, 7) is 5.51. The van der Waals surface area contributed by atoms with E-state index < -0.39 is 6.10 Å². The fraction of sp³-hybridized carbons (Fsp3) is 0.682. The molecule has 2 N–H and O–H groups in total. The van der Waals surface area contributed by atoms with Crippen LogP contribution in [-0.4, -0.2) is 79.9 Å². The number of benzene rings is 1. The van der Waals surface area contributed by atoms with Gasteiger partial charge >= 0.3 is 0 Å². The molecule has 7 heteroatoms. The Bertz CT molecular complexity index is 647. The number of nitrogens with zero attached hydrogens (tertiary/aromatic N) is 2. The molecule has 1 unspecified atom stereocenters. The first-order valence-corrected chi connectivity index (χ1v) is 10.8. The van der Waals surface area contributed by atoms with Gasteiger partial charge in [0, 0.05) is 37.8 Å². The molecule has 2 heterocycles. The summed E-state index contributed by atoms with van der Waals surface area (Å²) in [6, 6.07) is 5.75. The lowest BCUT2D eigenvalue weighted by molar-refractivity contribution is -0.124. The van der Waals surface area contributed by atoms with Crippen molar-refractivity contribution in [1.82, 2.24) is 15.1 Å². The fourth-order valence-electron chi connectivity index (χ4n) is 4.03. The Morgan fingerprint density at radius 1 is 1.10 bits per heavy atom. The van der Waals surface area contributed by atoms with Gasteiger partial charge in [-0.25, -0.2) is 0 Å². The number of aliphatic hydroxyl groups excluding tert-OH is 1. The average molecular weight is 406 g/mol. The van der Waals surface area contributed by atoms with Gasteiger partial charge < -0.3 is 24.8 Å². The van der Waals surface area contributed by atoms with Gasteiger partial charge in [-0.05, 0) is 32.0 Å². The summed E-state index contributed by atoms with van der Waals surface area (Å²) in [5, 5.41) is 13.4. The van der Waals surface area contributed by atoms with Gasteiger partial charge in [0.15, 0.2) is 0 Å². The van der Waals surface area contributed by atoms with Gasteiger partial charge in [-0.1, -0.05) is 25.3 Å². The van der Waals surface area contributed by atoms with Crippen molar-refractivity contribution in [2.75, 3.05) is 53.0 Å². The Morgan fingerprint density at radius 3 is 2.59 bits per heavy atom. The molecular weight excluding hydrogens is 370 g/mol. The van der Waals surface area contributed by atoms with Crippen LogP contribution < -0.4 is 14.8 Å². The van der Waals surface area contributed by atoms with Crippen molar-refractivity contribution in [1.29, 1.82) is 0 Å². The molecule has 7 nitrogen and oxygen atoms in total. The molecule has 29 heavy (non-hydrogen) atoms. The number of hydrogen-bond acceptors (Lipinski definition) is 6. The average Bonchev–Trinajstić information content (AvgIpc) is 2.69. The van der Waals surface area contributed by atoms with Crippen LogP contribution in [0, 0.1) is 0 Å². The van der Waals surface area contributed by atoms with Crippen LogP contribution in [0.25, 0.3) is 0 Å². The lowest BCUT2D eigenvalue weighted by Gasteiger charge is -2.28. The highest BCUT2D eigenvalue weighted by molar-refractivity contribution is 5.78. The van der Waals surface area contributed by atoms with Gasteiger partial charge in [-0.15, -0.1) is 0 Å². The second-order valence-corrected chi connectivity index (χ2v) is 8.07. The summed E-state index contributed by atoms with van der Waals surface area (Å²) in [5.74, 6) is 1.48. The molecule has 1 amide bonds. The number of carbonyl (C=O) groups excluding carboxylic acids is 1. The molecule has 1 atom stereocenters. The number of carbonyl (C=O) groups is 1. The van der Waals surface area contributed by atoms with E-state index in [1.54, 1.807) is 7.11 Å². The molecule has 162 valence electrons. The van der Waals surface area contributed by atoms with Crippen LogP contribution in [0.1, 0.15) is 37.7 Å². The van der Waals surface area contributed by atoms with Gasteiger partial charge in [0.1, 0.15) is 24.2 Å². The lowest BCUT2D eigenvalue weighted by atomic mass is 10.1. The number of hydrogen-bond donors (Lipinski definition) is 2. The first-order valence-electron chi connectivity index (χ1n) is 10.8. The number of nitrogens with one attached hydrogen (secondary N) is 1. The minimum Gasteiger partial charge on any atom is -0.497 e. The van der Waals surface area contributed by atoms with E-state index in [9.17, 15) is 9.90 Å². The lowest BCUT2D eigenvalue weighted by Crippen LogP contribution is -2.47. The molecule has 0 saturated carbocycles. The van der Waals surface area contributed by atoms with Crippen LogP contribution >= 0.6 is 0 Å². The fourth-order valence-corrected chi connectivity index (χ4v) is 4.03. The zero-order valence-electron chi connectivity index (χ0n) is 17.6. The third-order valence-corrected chi connectivity index (χ3v) is 5.63.